The molecule has 0 unspecified atom stereocenters. The summed E-state index contributed by atoms with van der Waals surface area (Å²) in [5, 5.41) is 69.6. The van der Waals surface area contributed by atoms with Crippen molar-refractivity contribution in [3.63, 3.8) is 0 Å². The van der Waals surface area contributed by atoms with Crippen LogP contribution in [0, 0.1) is 40.9 Å². The first-order chi connectivity index (χ1) is 15.8. The Morgan fingerprint density at radius 2 is 1.44 bits per heavy atom. The van der Waals surface area contributed by atoms with Gasteiger partial charge in [-0.2, -0.15) is 0 Å². The Kier molecular flexibility index (Phi) is 5.24. The molecule has 2 aliphatic heterocycles. The Hall–Kier alpha value is -0.280. The van der Waals surface area contributed by atoms with Gasteiger partial charge in [0.1, 0.15) is 0 Å². The van der Waals surface area contributed by atoms with E-state index in [1.165, 1.54) is 0 Å². The molecule has 4 aliphatic carbocycles. The van der Waals surface area contributed by atoms with E-state index in [1.54, 1.807) is 0 Å². The van der Waals surface area contributed by atoms with Crippen LogP contribution in [0.15, 0.2) is 0 Å². The van der Waals surface area contributed by atoms with Gasteiger partial charge in [-0.05, 0) is 81.0 Å². The molecule has 6 aliphatic rings. The average Bonchev–Trinajstić information content (AvgIpc) is 2.97. The lowest BCUT2D eigenvalue weighted by atomic mass is 9.50. The van der Waals surface area contributed by atoms with Crippen LogP contribution in [-0.4, -0.2) is 89.8 Å². The van der Waals surface area contributed by atoms with Gasteiger partial charge >= 0.3 is 0 Å². The Morgan fingerprint density at radius 3 is 2.18 bits per heavy atom. The van der Waals surface area contributed by atoms with E-state index in [0.29, 0.717) is 38.1 Å². The lowest BCUT2D eigenvalue weighted by Gasteiger charge is -2.64. The highest BCUT2D eigenvalue weighted by Crippen LogP contribution is 2.69. The molecule has 0 amide bonds. The van der Waals surface area contributed by atoms with Crippen LogP contribution in [0.2, 0.25) is 0 Å². The van der Waals surface area contributed by atoms with Crippen LogP contribution in [0.1, 0.15) is 72.1 Å². The topological polar surface area (TPSA) is 125 Å². The van der Waals surface area contributed by atoms with Gasteiger partial charge in [-0.3, -0.25) is 4.90 Å². The zero-order valence-electron chi connectivity index (χ0n) is 21.0. The second-order valence-electron chi connectivity index (χ2n) is 13.9. The third-order valence-corrected chi connectivity index (χ3v) is 12.3. The molecule has 0 aromatic carbocycles. The van der Waals surface area contributed by atoms with Gasteiger partial charge in [-0.1, -0.05) is 13.8 Å². The summed E-state index contributed by atoms with van der Waals surface area (Å²) in [5.41, 5.74) is -4.33. The number of nitrogens with zero attached hydrogens (tertiary/aromatic N) is 1. The van der Waals surface area contributed by atoms with E-state index in [2.05, 4.69) is 18.7 Å². The lowest BCUT2D eigenvalue weighted by Crippen LogP contribution is -2.77. The molecule has 2 saturated heterocycles. The fraction of sp³-hybridized carbons (Fsp3) is 1.00. The summed E-state index contributed by atoms with van der Waals surface area (Å²) >= 11 is 0. The van der Waals surface area contributed by atoms with Crippen LogP contribution < -0.4 is 0 Å². The highest BCUT2D eigenvalue weighted by molar-refractivity contribution is 5.27. The Bertz CT molecular complexity index is 838. The third-order valence-electron chi connectivity index (χ3n) is 12.3. The maximum absolute atomic E-state index is 12.5. The maximum atomic E-state index is 12.5. The summed E-state index contributed by atoms with van der Waals surface area (Å²) in [7, 11) is 0. The van der Waals surface area contributed by atoms with E-state index in [-0.39, 0.29) is 35.6 Å². The number of aliphatic hydroxyl groups is 6. The number of hydrogen-bond donors (Lipinski definition) is 6. The van der Waals surface area contributed by atoms with E-state index in [9.17, 15) is 30.6 Å². The minimum Gasteiger partial charge on any atom is -0.393 e. The molecule has 6 N–H and O–H groups in total. The Balaban J connectivity index is 1.41. The summed E-state index contributed by atoms with van der Waals surface area (Å²) in [5.74, 6) is -0.751. The van der Waals surface area contributed by atoms with Crippen LogP contribution >= 0.6 is 0 Å². The molecule has 14 atom stereocenters. The predicted octanol–water partition coefficient (Wildman–Crippen LogP) is 0.879. The van der Waals surface area contributed by atoms with Gasteiger partial charge in [0.25, 0.3) is 0 Å². The summed E-state index contributed by atoms with van der Waals surface area (Å²) in [6.07, 6.45) is 2.86. The summed E-state index contributed by atoms with van der Waals surface area (Å²) in [4.78, 5) is 2.31. The fourth-order valence-corrected chi connectivity index (χ4v) is 10.6. The molecule has 7 nitrogen and oxygen atoms in total. The molecule has 0 bridgehead atoms. The molecule has 7 heteroatoms. The van der Waals surface area contributed by atoms with Gasteiger partial charge < -0.3 is 30.6 Å². The van der Waals surface area contributed by atoms with E-state index < -0.39 is 47.0 Å². The van der Waals surface area contributed by atoms with Gasteiger partial charge in [-0.25, -0.2) is 0 Å². The zero-order valence-corrected chi connectivity index (χ0v) is 21.0. The molecule has 0 spiro atoms. The standard InChI is InChI=1S/C27H45NO6/c1-14-4-5-22-25(3,32)23-19(13-28(22)12-14)26(33)10-18-16(27(26,34)11-21(23)31)9-20(30)17-8-15(29)6-7-24(17,18)2/h14-23,29-34H,4-13H2,1-3H3/t14-,15-,16+,17+,18-,19+,20-,21-,22-,23+,24-,25+,26+,27+/m0/s1. The first-order valence-electron chi connectivity index (χ1n) is 13.8. The first-order valence-corrected chi connectivity index (χ1v) is 13.8. The van der Waals surface area contributed by atoms with Gasteiger partial charge in [0.2, 0.25) is 0 Å². The quantitative estimate of drug-likeness (QED) is 0.305. The second-order valence-corrected chi connectivity index (χ2v) is 13.9. The van der Waals surface area contributed by atoms with E-state index >= 15 is 0 Å². The van der Waals surface area contributed by atoms with Crippen LogP contribution in [-0.2, 0) is 0 Å². The van der Waals surface area contributed by atoms with Crippen LogP contribution in [0.25, 0.3) is 0 Å². The third kappa shape index (κ3) is 2.89. The predicted molar refractivity (Wildman–Crippen MR) is 126 cm³/mol. The molecule has 6 rings (SSSR count). The summed E-state index contributed by atoms with van der Waals surface area (Å²) < 4.78 is 0. The number of hydrogen-bond acceptors (Lipinski definition) is 7. The van der Waals surface area contributed by atoms with Crippen LogP contribution in [0.4, 0.5) is 0 Å². The van der Waals surface area contributed by atoms with Crippen LogP contribution in [0.3, 0.4) is 0 Å². The van der Waals surface area contributed by atoms with E-state index in [0.717, 1.165) is 25.8 Å². The van der Waals surface area contributed by atoms with Crippen molar-refractivity contribution in [1.29, 1.82) is 0 Å². The monoisotopic (exact) mass is 479 g/mol. The number of rotatable bonds is 0. The molecule has 0 aromatic rings. The van der Waals surface area contributed by atoms with Gasteiger partial charge in [0.05, 0.1) is 35.1 Å². The molecule has 34 heavy (non-hydrogen) atoms. The molecule has 0 aromatic heterocycles. The molecule has 4 saturated carbocycles. The van der Waals surface area contributed by atoms with Gasteiger partial charge in [-0.15, -0.1) is 0 Å². The van der Waals surface area contributed by atoms with Crippen molar-refractivity contribution in [2.45, 2.75) is 113 Å². The van der Waals surface area contributed by atoms with E-state index in [4.69, 9.17) is 0 Å². The lowest BCUT2D eigenvalue weighted by molar-refractivity contribution is -0.293. The maximum Gasteiger partial charge on any atom is 0.0993 e. The van der Waals surface area contributed by atoms with Crippen molar-refractivity contribution in [3.8, 4) is 0 Å². The number of piperidine rings is 2. The smallest absolute Gasteiger partial charge is 0.0993 e. The van der Waals surface area contributed by atoms with Gasteiger partial charge in [0.15, 0.2) is 0 Å². The number of fused-ring (bicyclic) bond motifs is 8. The fourth-order valence-electron chi connectivity index (χ4n) is 10.6. The highest BCUT2D eigenvalue weighted by Gasteiger charge is 2.76. The molecule has 194 valence electrons. The largest absolute Gasteiger partial charge is 0.393 e. The van der Waals surface area contributed by atoms with Crippen LogP contribution in [0.5, 0.6) is 0 Å². The van der Waals surface area contributed by atoms with Crippen molar-refractivity contribution in [2.75, 3.05) is 13.1 Å². The van der Waals surface area contributed by atoms with Crippen molar-refractivity contribution < 1.29 is 30.6 Å². The average molecular weight is 480 g/mol. The Morgan fingerprint density at radius 1 is 0.735 bits per heavy atom. The minimum atomic E-state index is -1.49. The SMILES string of the molecule is C[C@H]1CC[C@@H]2N(C1)C[C@@H]1[C@H]([C@@H](O)C[C@@]3(O)[C@@H]4C[C@H](O)[C@H]5C[C@@H](O)CC[C@]5(C)[C@H]4C[C@@]13O)[C@]2(C)O. The Labute approximate surface area is 203 Å². The molecular formula is C27H45NO6. The van der Waals surface area contributed by atoms with Crippen molar-refractivity contribution in [1.82, 2.24) is 4.90 Å². The normalized spacial score (nSPS) is 63.8. The highest BCUT2D eigenvalue weighted by atomic mass is 16.4. The van der Waals surface area contributed by atoms with Crippen molar-refractivity contribution >= 4 is 0 Å². The van der Waals surface area contributed by atoms with Gasteiger partial charge in [0, 0.05) is 37.4 Å². The summed E-state index contributed by atoms with van der Waals surface area (Å²) in [6.45, 7) is 7.67. The molecular weight excluding hydrogens is 434 g/mol. The van der Waals surface area contributed by atoms with Crippen molar-refractivity contribution in [3.05, 3.63) is 0 Å². The second kappa shape index (κ2) is 7.40. The van der Waals surface area contributed by atoms with Crippen molar-refractivity contribution in [2.24, 2.45) is 40.9 Å². The summed E-state index contributed by atoms with van der Waals surface area (Å²) in [6, 6.07) is -0.0402. The minimum absolute atomic E-state index is 0.0114. The molecule has 6 fully saturated rings. The molecule has 0 radical (unpaired) electrons. The van der Waals surface area contributed by atoms with E-state index in [1.807, 2.05) is 6.92 Å². The zero-order chi connectivity index (χ0) is 24.4. The number of aliphatic hydroxyl groups excluding tert-OH is 3. The first kappa shape index (κ1) is 24.1. The molecule has 2 heterocycles.